The molecule has 1 saturated carbocycles. The molecule has 0 spiro atoms. The third-order valence-corrected chi connectivity index (χ3v) is 4.11. The number of nitrogens with one attached hydrogen (secondary N) is 1. The molecule has 7 heteroatoms. The van der Waals surface area contributed by atoms with Gasteiger partial charge in [-0.25, -0.2) is 4.98 Å². The highest BCUT2D eigenvalue weighted by atomic mass is 16.1. The van der Waals surface area contributed by atoms with Crippen molar-refractivity contribution in [2.45, 2.75) is 38.6 Å². The van der Waals surface area contributed by atoms with Gasteiger partial charge in [0.15, 0.2) is 0 Å². The van der Waals surface area contributed by atoms with Crippen molar-refractivity contribution in [2.75, 3.05) is 11.9 Å². The summed E-state index contributed by atoms with van der Waals surface area (Å²) < 4.78 is 1.77. The number of amides is 1. The summed E-state index contributed by atoms with van der Waals surface area (Å²) in [6.07, 6.45) is 5.93. The van der Waals surface area contributed by atoms with Gasteiger partial charge in [0.25, 0.3) is 5.56 Å². The number of carbonyl (C=O) groups excluding carboxylic acids is 1. The zero-order valence-corrected chi connectivity index (χ0v) is 12.5. The van der Waals surface area contributed by atoms with Crippen LogP contribution < -0.4 is 16.6 Å². The van der Waals surface area contributed by atoms with Crippen molar-refractivity contribution in [2.24, 2.45) is 5.73 Å². The lowest BCUT2D eigenvalue weighted by Crippen LogP contribution is -2.26. The molecule has 0 aliphatic heterocycles. The average molecular weight is 301 g/mol. The number of hydrogen-bond donors (Lipinski definition) is 2. The number of nitrogens with zero attached hydrogens (tertiary/aromatic N) is 3. The number of carbonyl (C=O) groups is 1. The van der Waals surface area contributed by atoms with Crippen LogP contribution in [0.2, 0.25) is 0 Å². The van der Waals surface area contributed by atoms with Crippen molar-refractivity contribution in [3.05, 3.63) is 28.2 Å². The van der Waals surface area contributed by atoms with Gasteiger partial charge in [-0.3, -0.25) is 14.2 Å². The van der Waals surface area contributed by atoms with E-state index in [0.29, 0.717) is 11.6 Å². The van der Waals surface area contributed by atoms with Crippen molar-refractivity contribution in [1.82, 2.24) is 14.5 Å². The van der Waals surface area contributed by atoms with Crippen molar-refractivity contribution in [3.63, 3.8) is 0 Å². The molecular formula is C15H19N5O2. The van der Waals surface area contributed by atoms with Crippen LogP contribution in [0, 0.1) is 6.92 Å². The van der Waals surface area contributed by atoms with Crippen LogP contribution in [0.1, 0.15) is 37.3 Å². The van der Waals surface area contributed by atoms with Crippen LogP contribution >= 0.6 is 0 Å². The minimum atomic E-state index is -0.485. The van der Waals surface area contributed by atoms with Gasteiger partial charge in [-0.05, 0) is 25.3 Å². The Bertz CT molecular complexity index is 777. The predicted octanol–water partition coefficient (Wildman–Crippen LogP) is 1.11. The first kappa shape index (κ1) is 14.5. The van der Waals surface area contributed by atoms with Gasteiger partial charge in [-0.2, -0.15) is 4.98 Å². The van der Waals surface area contributed by atoms with E-state index in [0.717, 1.165) is 36.6 Å². The molecule has 1 fully saturated rings. The quantitative estimate of drug-likeness (QED) is 0.880. The maximum atomic E-state index is 12.4. The molecule has 3 rings (SSSR count). The highest BCUT2D eigenvalue weighted by Crippen LogP contribution is 2.30. The fourth-order valence-electron chi connectivity index (χ4n) is 3.04. The summed E-state index contributed by atoms with van der Waals surface area (Å²) in [7, 11) is 0. The molecule has 0 aromatic carbocycles. The molecule has 3 N–H and O–H groups in total. The van der Waals surface area contributed by atoms with Crippen molar-refractivity contribution < 1.29 is 4.79 Å². The lowest BCUT2D eigenvalue weighted by atomic mass is 10.1. The molecule has 1 aliphatic rings. The van der Waals surface area contributed by atoms with Crippen LogP contribution in [0.15, 0.2) is 17.1 Å². The summed E-state index contributed by atoms with van der Waals surface area (Å²) >= 11 is 0. The molecule has 2 heterocycles. The number of anilines is 1. The van der Waals surface area contributed by atoms with E-state index in [1.165, 1.54) is 0 Å². The number of rotatable bonds is 4. The summed E-state index contributed by atoms with van der Waals surface area (Å²) in [5.41, 5.74) is 6.57. The number of primary amides is 1. The number of aryl methyl sites for hydroxylation is 1. The Balaban J connectivity index is 2.12. The van der Waals surface area contributed by atoms with Gasteiger partial charge in [-0.15, -0.1) is 0 Å². The van der Waals surface area contributed by atoms with Gasteiger partial charge in [-0.1, -0.05) is 12.8 Å². The molecule has 2 aromatic rings. The van der Waals surface area contributed by atoms with E-state index >= 15 is 0 Å². The Morgan fingerprint density at radius 3 is 2.86 bits per heavy atom. The molecule has 22 heavy (non-hydrogen) atoms. The fourth-order valence-corrected chi connectivity index (χ4v) is 3.04. The lowest BCUT2D eigenvalue weighted by Gasteiger charge is -2.17. The smallest absolute Gasteiger partial charge is 0.252 e. The summed E-state index contributed by atoms with van der Waals surface area (Å²) in [5, 5.41) is 3.64. The second kappa shape index (κ2) is 5.75. The van der Waals surface area contributed by atoms with Crippen molar-refractivity contribution in [3.8, 4) is 0 Å². The monoisotopic (exact) mass is 301 g/mol. The highest BCUT2D eigenvalue weighted by Gasteiger charge is 2.21. The van der Waals surface area contributed by atoms with Crippen LogP contribution in [-0.2, 0) is 4.79 Å². The summed E-state index contributed by atoms with van der Waals surface area (Å²) in [6.45, 7) is 1.84. The summed E-state index contributed by atoms with van der Waals surface area (Å²) in [6, 6.07) is 1.83. The number of nitrogens with two attached hydrogens (primary N) is 1. The Labute approximate surface area is 127 Å². The van der Waals surface area contributed by atoms with Crippen molar-refractivity contribution >= 4 is 22.9 Å². The third-order valence-electron chi connectivity index (χ3n) is 4.11. The van der Waals surface area contributed by atoms with Crippen molar-refractivity contribution in [1.29, 1.82) is 0 Å². The predicted molar refractivity (Wildman–Crippen MR) is 83.7 cm³/mol. The maximum absolute atomic E-state index is 12.4. The van der Waals surface area contributed by atoms with Gasteiger partial charge in [0, 0.05) is 23.7 Å². The number of aromatic nitrogens is 3. The average Bonchev–Trinajstić information content (AvgIpc) is 2.98. The SMILES string of the molecule is Cc1cc(=O)n(C2CCCC2)c2nc(NCC(N)=O)ncc12. The van der Waals surface area contributed by atoms with E-state index in [1.807, 2.05) is 6.92 Å². The number of hydrogen-bond acceptors (Lipinski definition) is 5. The van der Waals surface area contributed by atoms with E-state index in [9.17, 15) is 9.59 Å². The Hall–Kier alpha value is -2.44. The van der Waals surface area contributed by atoms with Gasteiger partial charge in [0.2, 0.25) is 11.9 Å². The molecule has 2 aromatic heterocycles. The van der Waals surface area contributed by atoms with E-state index < -0.39 is 5.91 Å². The molecule has 1 amide bonds. The minimum Gasteiger partial charge on any atom is -0.368 e. The van der Waals surface area contributed by atoms with E-state index in [4.69, 9.17) is 5.73 Å². The van der Waals surface area contributed by atoms with Crippen LogP contribution in [0.4, 0.5) is 5.95 Å². The first-order valence-electron chi connectivity index (χ1n) is 7.47. The molecule has 0 bridgehead atoms. The first-order valence-corrected chi connectivity index (χ1v) is 7.47. The molecular weight excluding hydrogens is 282 g/mol. The van der Waals surface area contributed by atoms with E-state index in [1.54, 1.807) is 16.8 Å². The minimum absolute atomic E-state index is 0.0311. The third kappa shape index (κ3) is 2.66. The number of fused-ring (bicyclic) bond motifs is 1. The Kier molecular flexibility index (Phi) is 3.79. The molecule has 116 valence electrons. The highest BCUT2D eigenvalue weighted by molar-refractivity contribution is 5.80. The molecule has 1 aliphatic carbocycles. The first-order chi connectivity index (χ1) is 10.6. The molecule has 0 saturated heterocycles. The zero-order chi connectivity index (χ0) is 15.7. The normalized spacial score (nSPS) is 15.3. The van der Waals surface area contributed by atoms with Gasteiger partial charge in [0.1, 0.15) is 5.65 Å². The topological polar surface area (TPSA) is 103 Å². The summed E-state index contributed by atoms with van der Waals surface area (Å²) in [5.74, 6) is -0.177. The second-order valence-electron chi connectivity index (χ2n) is 5.72. The molecule has 7 nitrogen and oxygen atoms in total. The molecule has 0 radical (unpaired) electrons. The lowest BCUT2D eigenvalue weighted by molar-refractivity contribution is -0.116. The Morgan fingerprint density at radius 1 is 1.45 bits per heavy atom. The van der Waals surface area contributed by atoms with Crippen LogP contribution in [0.25, 0.3) is 11.0 Å². The molecule has 0 unspecified atom stereocenters. The largest absolute Gasteiger partial charge is 0.368 e. The van der Waals surface area contributed by atoms with Gasteiger partial charge in [0.05, 0.1) is 6.54 Å². The van der Waals surface area contributed by atoms with E-state index in [-0.39, 0.29) is 18.1 Å². The fraction of sp³-hybridized carbons (Fsp3) is 0.467. The van der Waals surface area contributed by atoms with Gasteiger partial charge >= 0.3 is 0 Å². The zero-order valence-electron chi connectivity index (χ0n) is 12.5. The van der Waals surface area contributed by atoms with Gasteiger partial charge < -0.3 is 11.1 Å². The standard InChI is InChI=1S/C15H19N5O2/c1-9-6-13(22)20(10-4-2-3-5-10)14-11(9)7-17-15(19-14)18-8-12(16)21/h6-7,10H,2-5,8H2,1H3,(H2,16,21)(H,17,18,19). The van der Waals surface area contributed by atoms with Crippen LogP contribution in [0.5, 0.6) is 0 Å². The van der Waals surface area contributed by atoms with Crippen LogP contribution in [-0.4, -0.2) is 27.0 Å². The summed E-state index contributed by atoms with van der Waals surface area (Å²) in [4.78, 5) is 31.9. The van der Waals surface area contributed by atoms with E-state index in [2.05, 4.69) is 15.3 Å². The maximum Gasteiger partial charge on any atom is 0.252 e. The number of pyridine rings is 1. The molecule has 0 atom stereocenters. The van der Waals surface area contributed by atoms with Crippen LogP contribution in [0.3, 0.4) is 0 Å². The Morgan fingerprint density at radius 2 is 2.18 bits per heavy atom. The second-order valence-corrected chi connectivity index (χ2v) is 5.72.